The number of alkyl halides is 1. The van der Waals surface area contributed by atoms with Crippen LogP contribution in [0.2, 0.25) is 0 Å². The lowest BCUT2D eigenvalue weighted by Crippen LogP contribution is -2.41. The van der Waals surface area contributed by atoms with Gasteiger partial charge in [-0.25, -0.2) is 0 Å². The molecule has 0 heterocycles. The maximum atomic E-state index is 6.47. The molecule has 0 unspecified atom stereocenters. The summed E-state index contributed by atoms with van der Waals surface area (Å²) in [6.07, 6.45) is 14.0. The average molecular weight is 303 g/mol. The van der Waals surface area contributed by atoms with E-state index < -0.39 is 0 Å². The van der Waals surface area contributed by atoms with Crippen molar-refractivity contribution < 1.29 is 4.74 Å². The van der Waals surface area contributed by atoms with Crippen molar-refractivity contribution in [1.29, 1.82) is 0 Å². The summed E-state index contributed by atoms with van der Waals surface area (Å²) in [5.74, 6) is 0.972. The molecule has 0 amide bonds. The monoisotopic (exact) mass is 302 g/mol. The zero-order valence-corrected chi connectivity index (χ0v) is 12.8. The SMILES string of the molecule is CCCC1CCC(CBr)(OC2CCCC2)CC1. The predicted molar refractivity (Wildman–Crippen MR) is 76.7 cm³/mol. The van der Waals surface area contributed by atoms with Gasteiger partial charge < -0.3 is 4.74 Å². The summed E-state index contributed by atoms with van der Waals surface area (Å²) in [4.78, 5) is 0. The van der Waals surface area contributed by atoms with Gasteiger partial charge >= 0.3 is 0 Å². The Morgan fingerprint density at radius 1 is 1.12 bits per heavy atom. The molecule has 1 nitrogen and oxygen atoms in total. The van der Waals surface area contributed by atoms with Crippen LogP contribution in [0.15, 0.2) is 0 Å². The van der Waals surface area contributed by atoms with Crippen LogP contribution in [-0.2, 0) is 4.74 Å². The van der Waals surface area contributed by atoms with Gasteiger partial charge in [0.15, 0.2) is 0 Å². The molecule has 100 valence electrons. The van der Waals surface area contributed by atoms with Crippen molar-refractivity contribution in [3.63, 3.8) is 0 Å². The van der Waals surface area contributed by atoms with E-state index >= 15 is 0 Å². The molecule has 2 aliphatic carbocycles. The van der Waals surface area contributed by atoms with Crippen LogP contribution in [-0.4, -0.2) is 17.0 Å². The van der Waals surface area contributed by atoms with Crippen LogP contribution in [0.4, 0.5) is 0 Å². The number of ether oxygens (including phenoxy) is 1. The Morgan fingerprint density at radius 3 is 2.29 bits per heavy atom. The molecule has 0 spiro atoms. The van der Waals surface area contributed by atoms with E-state index in [2.05, 4.69) is 22.9 Å². The van der Waals surface area contributed by atoms with Crippen molar-refractivity contribution in [2.24, 2.45) is 5.92 Å². The summed E-state index contributed by atoms with van der Waals surface area (Å²) >= 11 is 3.71. The summed E-state index contributed by atoms with van der Waals surface area (Å²) < 4.78 is 6.47. The molecule has 2 aliphatic rings. The van der Waals surface area contributed by atoms with Crippen LogP contribution in [0.3, 0.4) is 0 Å². The molecule has 0 bridgehead atoms. The first kappa shape index (κ1) is 13.9. The van der Waals surface area contributed by atoms with E-state index in [4.69, 9.17) is 4.74 Å². The molecule has 2 fully saturated rings. The molecule has 0 atom stereocenters. The Hall–Kier alpha value is 0.440. The van der Waals surface area contributed by atoms with Gasteiger partial charge in [0, 0.05) is 5.33 Å². The van der Waals surface area contributed by atoms with Crippen molar-refractivity contribution in [3.8, 4) is 0 Å². The topological polar surface area (TPSA) is 9.23 Å². The van der Waals surface area contributed by atoms with E-state index in [-0.39, 0.29) is 5.60 Å². The third-order valence-electron chi connectivity index (χ3n) is 4.68. The molecule has 0 aromatic heterocycles. The molecule has 0 aromatic rings. The molecule has 2 heteroatoms. The summed E-state index contributed by atoms with van der Waals surface area (Å²) in [5, 5.41) is 1.04. The lowest BCUT2D eigenvalue weighted by Gasteiger charge is -2.41. The first-order valence-electron chi connectivity index (χ1n) is 7.52. The number of rotatable bonds is 5. The van der Waals surface area contributed by atoms with Crippen molar-refractivity contribution in [3.05, 3.63) is 0 Å². The van der Waals surface area contributed by atoms with Crippen LogP contribution in [0.25, 0.3) is 0 Å². The summed E-state index contributed by atoms with van der Waals surface area (Å²) in [7, 11) is 0. The van der Waals surface area contributed by atoms with E-state index in [1.807, 2.05) is 0 Å². The highest BCUT2D eigenvalue weighted by molar-refractivity contribution is 9.09. The third kappa shape index (κ3) is 3.70. The molecule has 2 rings (SSSR count). The second kappa shape index (κ2) is 6.56. The number of hydrogen-bond acceptors (Lipinski definition) is 1. The first-order valence-corrected chi connectivity index (χ1v) is 8.64. The van der Waals surface area contributed by atoms with E-state index in [1.165, 1.54) is 64.2 Å². The summed E-state index contributed by atoms with van der Waals surface area (Å²) in [6, 6.07) is 0. The smallest absolute Gasteiger partial charge is 0.0782 e. The van der Waals surface area contributed by atoms with E-state index in [9.17, 15) is 0 Å². The molecular weight excluding hydrogens is 276 g/mol. The zero-order chi connectivity index (χ0) is 12.1. The van der Waals surface area contributed by atoms with Crippen LogP contribution >= 0.6 is 15.9 Å². The fraction of sp³-hybridized carbons (Fsp3) is 1.00. The normalized spacial score (nSPS) is 35.3. The number of halogens is 1. The van der Waals surface area contributed by atoms with Gasteiger partial charge in [-0.3, -0.25) is 0 Å². The van der Waals surface area contributed by atoms with Gasteiger partial charge in [0.25, 0.3) is 0 Å². The van der Waals surface area contributed by atoms with Gasteiger partial charge in [-0.05, 0) is 44.4 Å². The second-order valence-corrected chi connectivity index (χ2v) is 6.63. The van der Waals surface area contributed by atoms with Gasteiger partial charge in [0.1, 0.15) is 0 Å². The molecular formula is C15H27BrO. The van der Waals surface area contributed by atoms with E-state index in [1.54, 1.807) is 0 Å². The minimum absolute atomic E-state index is 0.180. The van der Waals surface area contributed by atoms with Crippen LogP contribution in [0, 0.1) is 5.92 Å². The quantitative estimate of drug-likeness (QED) is 0.644. The van der Waals surface area contributed by atoms with Gasteiger partial charge in [-0.1, -0.05) is 48.5 Å². The number of hydrogen-bond donors (Lipinski definition) is 0. The van der Waals surface area contributed by atoms with Gasteiger partial charge in [0.05, 0.1) is 11.7 Å². The van der Waals surface area contributed by atoms with Crippen molar-refractivity contribution in [1.82, 2.24) is 0 Å². The van der Waals surface area contributed by atoms with Crippen molar-refractivity contribution in [2.75, 3.05) is 5.33 Å². The Balaban J connectivity index is 1.83. The summed E-state index contributed by atoms with van der Waals surface area (Å²) in [5.41, 5.74) is 0.180. The minimum Gasteiger partial charge on any atom is -0.371 e. The average Bonchev–Trinajstić information content (AvgIpc) is 2.85. The van der Waals surface area contributed by atoms with E-state index in [0.29, 0.717) is 6.10 Å². The van der Waals surface area contributed by atoms with Gasteiger partial charge in [0.2, 0.25) is 0 Å². The maximum absolute atomic E-state index is 6.47. The van der Waals surface area contributed by atoms with Gasteiger partial charge in [-0.15, -0.1) is 0 Å². The molecule has 0 radical (unpaired) electrons. The largest absolute Gasteiger partial charge is 0.371 e. The molecule has 17 heavy (non-hydrogen) atoms. The van der Waals surface area contributed by atoms with E-state index in [0.717, 1.165) is 11.2 Å². The predicted octanol–water partition coefficient (Wildman–Crippen LogP) is 5.07. The Morgan fingerprint density at radius 2 is 1.76 bits per heavy atom. The Kier molecular flexibility index (Phi) is 5.35. The molecule has 0 N–H and O–H groups in total. The fourth-order valence-electron chi connectivity index (χ4n) is 3.54. The summed E-state index contributed by atoms with van der Waals surface area (Å²) in [6.45, 7) is 2.31. The van der Waals surface area contributed by atoms with Crippen LogP contribution < -0.4 is 0 Å². The fourth-order valence-corrected chi connectivity index (χ4v) is 4.24. The van der Waals surface area contributed by atoms with Crippen LogP contribution in [0.1, 0.15) is 71.1 Å². The van der Waals surface area contributed by atoms with Crippen molar-refractivity contribution >= 4 is 15.9 Å². The Labute approximate surface area is 115 Å². The lowest BCUT2D eigenvalue weighted by molar-refractivity contribution is -0.101. The molecule has 0 saturated heterocycles. The highest BCUT2D eigenvalue weighted by Gasteiger charge is 2.37. The highest BCUT2D eigenvalue weighted by atomic mass is 79.9. The molecule has 0 aromatic carbocycles. The second-order valence-electron chi connectivity index (χ2n) is 6.07. The minimum atomic E-state index is 0.180. The molecule has 0 aliphatic heterocycles. The molecule has 2 saturated carbocycles. The van der Waals surface area contributed by atoms with Crippen LogP contribution in [0.5, 0.6) is 0 Å². The zero-order valence-electron chi connectivity index (χ0n) is 11.2. The first-order chi connectivity index (χ1) is 8.28. The maximum Gasteiger partial charge on any atom is 0.0782 e. The standard InChI is InChI=1S/C15H27BrO/c1-2-5-13-8-10-15(12-16,11-9-13)17-14-6-3-4-7-14/h13-14H,2-12H2,1H3. The lowest BCUT2D eigenvalue weighted by atomic mass is 9.78. The van der Waals surface area contributed by atoms with Crippen molar-refractivity contribution in [2.45, 2.75) is 82.8 Å². The third-order valence-corrected chi connectivity index (χ3v) is 5.70. The Bertz CT molecular complexity index is 215. The van der Waals surface area contributed by atoms with Gasteiger partial charge in [-0.2, -0.15) is 0 Å². The highest BCUT2D eigenvalue weighted by Crippen LogP contribution is 2.40.